The first-order chi connectivity index (χ1) is 8.67. The zero-order valence-corrected chi connectivity index (χ0v) is 11.1. The van der Waals surface area contributed by atoms with E-state index in [1.165, 1.54) is 11.3 Å². The molecule has 1 atom stereocenters. The summed E-state index contributed by atoms with van der Waals surface area (Å²) in [5.74, 6) is -0.569. The third kappa shape index (κ3) is 2.35. The maximum absolute atomic E-state index is 11.0. The van der Waals surface area contributed by atoms with E-state index in [-0.39, 0.29) is 12.3 Å². The van der Waals surface area contributed by atoms with Crippen LogP contribution in [0.15, 0.2) is 24.3 Å². The molecule has 0 spiro atoms. The van der Waals surface area contributed by atoms with Crippen molar-refractivity contribution in [3.8, 4) is 0 Å². The number of para-hydroxylation sites is 1. The van der Waals surface area contributed by atoms with E-state index in [2.05, 4.69) is 30.9 Å². The molecule has 3 heteroatoms. The van der Waals surface area contributed by atoms with Gasteiger partial charge in [-0.2, -0.15) is 0 Å². The van der Waals surface area contributed by atoms with Gasteiger partial charge in [-0.05, 0) is 24.5 Å². The summed E-state index contributed by atoms with van der Waals surface area (Å²) in [6, 6.07) is 8.76. The number of carboxylic acids is 1. The Morgan fingerprint density at radius 3 is 2.67 bits per heavy atom. The highest BCUT2D eigenvalue weighted by atomic mass is 16.4. The van der Waals surface area contributed by atoms with Crippen molar-refractivity contribution in [2.75, 3.05) is 11.4 Å². The van der Waals surface area contributed by atoms with Crippen LogP contribution in [0.1, 0.15) is 44.6 Å². The van der Waals surface area contributed by atoms with Crippen LogP contribution in [-0.2, 0) is 4.79 Å². The number of anilines is 1. The Morgan fingerprint density at radius 2 is 2.06 bits per heavy atom. The number of carboxylic acid groups (broad SMARTS) is 1. The smallest absolute Gasteiger partial charge is 0.304 e. The van der Waals surface area contributed by atoms with Crippen molar-refractivity contribution >= 4 is 11.7 Å². The Hall–Kier alpha value is -1.51. The largest absolute Gasteiger partial charge is 0.481 e. The normalized spacial score (nSPS) is 18.2. The lowest BCUT2D eigenvalue weighted by Crippen LogP contribution is -2.33. The van der Waals surface area contributed by atoms with Crippen LogP contribution in [0.2, 0.25) is 0 Å². The van der Waals surface area contributed by atoms with E-state index in [0.717, 1.165) is 19.4 Å². The van der Waals surface area contributed by atoms with Crippen molar-refractivity contribution in [1.82, 2.24) is 0 Å². The molecule has 98 valence electrons. The van der Waals surface area contributed by atoms with Gasteiger partial charge < -0.3 is 10.0 Å². The van der Waals surface area contributed by atoms with Crippen LogP contribution >= 0.6 is 0 Å². The van der Waals surface area contributed by atoms with Crippen molar-refractivity contribution in [2.45, 2.75) is 45.1 Å². The molecular formula is C15H21NO2. The molecule has 0 amide bonds. The summed E-state index contributed by atoms with van der Waals surface area (Å²) in [4.78, 5) is 13.4. The quantitative estimate of drug-likeness (QED) is 0.868. The molecule has 1 aromatic rings. The predicted molar refractivity (Wildman–Crippen MR) is 73.2 cm³/mol. The van der Waals surface area contributed by atoms with Gasteiger partial charge in [-0.25, -0.2) is 0 Å². The molecule has 1 aromatic carbocycles. The van der Waals surface area contributed by atoms with Crippen LogP contribution in [0, 0.1) is 0 Å². The summed E-state index contributed by atoms with van der Waals surface area (Å²) >= 11 is 0. The Balaban J connectivity index is 2.29. The fourth-order valence-corrected chi connectivity index (χ4v) is 2.99. The highest BCUT2D eigenvalue weighted by Gasteiger charge is 2.32. The molecule has 0 radical (unpaired) electrons. The number of fused-ring (bicyclic) bond motifs is 1. The first-order valence-electron chi connectivity index (χ1n) is 6.74. The number of rotatable bonds is 5. The van der Waals surface area contributed by atoms with Crippen LogP contribution in [0.5, 0.6) is 0 Å². The third-order valence-electron chi connectivity index (χ3n) is 3.91. The van der Waals surface area contributed by atoms with Crippen LogP contribution < -0.4 is 4.90 Å². The van der Waals surface area contributed by atoms with E-state index in [0.29, 0.717) is 6.04 Å². The Labute approximate surface area is 108 Å². The van der Waals surface area contributed by atoms with E-state index in [1.54, 1.807) is 0 Å². The standard InChI is InChI=1S/C15H21NO2/c1-3-12(4-2)16-10-11(9-15(17)18)13-7-5-6-8-14(13)16/h5-8,11-12H,3-4,9-10H2,1-2H3,(H,17,18). The molecule has 1 unspecified atom stereocenters. The second kappa shape index (κ2) is 5.42. The van der Waals surface area contributed by atoms with Gasteiger partial charge in [0.25, 0.3) is 0 Å². The van der Waals surface area contributed by atoms with Gasteiger partial charge in [0.1, 0.15) is 0 Å². The fourth-order valence-electron chi connectivity index (χ4n) is 2.99. The molecule has 0 fully saturated rings. The molecule has 1 N–H and O–H groups in total. The van der Waals surface area contributed by atoms with Crippen LogP contribution in [0.4, 0.5) is 5.69 Å². The molecule has 0 aromatic heterocycles. The van der Waals surface area contributed by atoms with E-state index in [9.17, 15) is 4.79 Å². The fraction of sp³-hybridized carbons (Fsp3) is 0.533. The van der Waals surface area contributed by atoms with Crippen LogP contribution in [0.3, 0.4) is 0 Å². The number of hydrogen-bond acceptors (Lipinski definition) is 2. The second-order valence-electron chi connectivity index (χ2n) is 4.98. The second-order valence-corrected chi connectivity index (χ2v) is 4.98. The Morgan fingerprint density at radius 1 is 1.39 bits per heavy atom. The minimum Gasteiger partial charge on any atom is -0.481 e. The van der Waals surface area contributed by atoms with E-state index >= 15 is 0 Å². The summed E-state index contributed by atoms with van der Waals surface area (Å²) in [6.45, 7) is 5.24. The number of benzene rings is 1. The summed E-state index contributed by atoms with van der Waals surface area (Å²) in [6.07, 6.45) is 2.43. The minimum atomic E-state index is -0.707. The highest BCUT2D eigenvalue weighted by molar-refractivity contribution is 5.71. The Bertz CT molecular complexity index is 426. The monoisotopic (exact) mass is 247 g/mol. The van der Waals surface area contributed by atoms with Gasteiger partial charge in [0.2, 0.25) is 0 Å². The lowest BCUT2D eigenvalue weighted by atomic mass is 9.98. The van der Waals surface area contributed by atoms with Gasteiger partial charge in [0.05, 0.1) is 6.42 Å². The first kappa shape index (κ1) is 12.9. The van der Waals surface area contributed by atoms with E-state index in [4.69, 9.17) is 5.11 Å². The molecule has 0 saturated carbocycles. The number of hydrogen-bond donors (Lipinski definition) is 1. The Kier molecular flexibility index (Phi) is 3.90. The molecule has 0 bridgehead atoms. The molecule has 18 heavy (non-hydrogen) atoms. The van der Waals surface area contributed by atoms with E-state index < -0.39 is 5.97 Å². The molecular weight excluding hydrogens is 226 g/mol. The molecule has 1 aliphatic rings. The van der Waals surface area contributed by atoms with Gasteiger partial charge in [0.15, 0.2) is 0 Å². The lowest BCUT2D eigenvalue weighted by molar-refractivity contribution is -0.137. The average Bonchev–Trinajstić information content (AvgIpc) is 2.70. The molecule has 1 heterocycles. The number of aliphatic carboxylic acids is 1. The summed E-state index contributed by atoms with van der Waals surface area (Å²) in [7, 11) is 0. The van der Waals surface area contributed by atoms with Crippen LogP contribution in [0.25, 0.3) is 0 Å². The highest BCUT2D eigenvalue weighted by Crippen LogP contribution is 2.39. The average molecular weight is 247 g/mol. The first-order valence-corrected chi connectivity index (χ1v) is 6.74. The number of nitrogens with zero attached hydrogens (tertiary/aromatic N) is 1. The molecule has 0 aliphatic carbocycles. The zero-order valence-electron chi connectivity index (χ0n) is 11.1. The van der Waals surface area contributed by atoms with Crippen molar-refractivity contribution in [1.29, 1.82) is 0 Å². The van der Waals surface area contributed by atoms with Gasteiger partial charge in [0, 0.05) is 24.2 Å². The van der Waals surface area contributed by atoms with Gasteiger partial charge >= 0.3 is 5.97 Å². The SMILES string of the molecule is CCC(CC)N1CC(CC(=O)O)c2ccccc21. The third-order valence-corrected chi connectivity index (χ3v) is 3.91. The predicted octanol–water partition coefficient (Wildman–Crippen LogP) is 3.25. The molecule has 3 nitrogen and oxygen atoms in total. The lowest BCUT2D eigenvalue weighted by Gasteiger charge is -2.29. The zero-order chi connectivity index (χ0) is 13.1. The summed E-state index contributed by atoms with van der Waals surface area (Å²) in [5, 5.41) is 9.02. The maximum atomic E-state index is 11.0. The van der Waals surface area contributed by atoms with Crippen molar-refractivity contribution in [3.05, 3.63) is 29.8 Å². The van der Waals surface area contributed by atoms with Gasteiger partial charge in [-0.3, -0.25) is 4.79 Å². The molecule has 2 rings (SSSR count). The van der Waals surface area contributed by atoms with Gasteiger partial charge in [-0.15, -0.1) is 0 Å². The molecule has 1 aliphatic heterocycles. The van der Waals surface area contributed by atoms with Crippen molar-refractivity contribution < 1.29 is 9.90 Å². The maximum Gasteiger partial charge on any atom is 0.304 e. The summed E-state index contributed by atoms with van der Waals surface area (Å²) in [5.41, 5.74) is 2.43. The van der Waals surface area contributed by atoms with E-state index in [1.807, 2.05) is 12.1 Å². The van der Waals surface area contributed by atoms with Crippen molar-refractivity contribution in [2.24, 2.45) is 0 Å². The topological polar surface area (TPSA) is 40.5 Å². The molecule has 0 saturated heterocycles. The van der Waals surface area contributed by atoms with Gasteiger partial charge in [-0.1, -0.05) is 32.0 Å². The van der Waals surface area contributed by atoms with Crippen LogP contribution in [-0.4, -0.2) is 23.7 Å². The minimum absolute atomic E-state index is 0.138. The summed E-state index contributed by atoms with van der Waals surface area (Å²) < 4.78 is 0. The number of carbonyl (C=O) groups is 1. The van der Waals surface area contributed by atoms with Crippen molar-refractivity contribution in [3.63, 3.8) is 0 Å².